The lowest BCUT2D eigenvalue weighted by Crippen LogP contribution is -2.55. The van der Waals surface area contributed by atoms with Gasteiger partial charge in [0, 0.05) is 23.9 Å². The van der Waals surface area contributed by atoms with E-state index < -0.39 is 0 Å². The highest BCUT2D eigenvalue weighted by molar-refractivity contribution is 5.80. The molecule has 3 saturated carbocycles. The van der Waals surface area contributed by atoms with Crippen molar-refractivity contribution in [3.05, 3.63) is 0 Å². The summed E-state index contributed by atoms with van der Waals surface area (Å²) in [6.45, 7) is 9.12. The summed E-state index contributed by atoms with van der Waals surface area (Å²) in [4.78, 5) is 25.9. The SMILES string of the molecule is CC1(C)CCCC(C(=O)NC2CCCCC2NC(=O)C2CCCC(C)(C)C2)C1. The van der Waals surface area contributed by atoms with Gasteiger partial charge in [-0.3, -0.25) is 9.59 Å². The van der Waals surface area contributed by atoms with Gasteiger partial charge in [0.25, 0.3) is 0 Å². The average Bonchev–Trinajstić information content (AvgIpc) is 2.61. The molecule has 3 rings (SSSR count). The first-order valence-electron chi connectivity index (χ1n) is 11.8. The number of rotatable bonds is 4. The fourth-order valence-electron chi connectivity index (χ4n) is 5.92. The van der Waals surface area contributed by atoms with Crippen molar-refractivity contribution in [1.82, 2.24) is 10.6 Å². The van der Waals surface area contributed by atoms with Crippen molar-refractivity contribution in [3.8, 4) is 0 Å². The van der Waals surface area contributed by atoms with Gasteiger partial charge in [-0.15, -0.1) is 0 Å². The van der Waals surface area contributed by atoms with Crippen LogP contribution in [0.5, 0.6) is 0 Å². The van der Waals surface area contributed by atoms with Crippen molar-refractivity contribution >= 4 is 11.8 Å². The van der Waals surface area contributed by atoms with E-state index in [4.69, 9.17) is 0 Å². The summed E-state index contributed by atoms with van der Waals surface area (Å²) in [6.07, 6.45) is 13.0. The molecule has 4 nitrogen and oxygen atoms in total. The zero-order valence-corrected chi connectivity index (χ0v) is 18.6. The molecule has 0 aliphatic heterocycles. The summed E-state index contributed by atoms with van der Waals surface area (Å²) >= 11 is 0. The Balaban J connectivity index is 1.56. The zero-order valence-electron chi connectivity index (χ0n) is 18.6. The normalized spacial score (nSPS) is 35.0. The van der Waals surface area contributed by atoms with E-state index in [2.05, 4.69) is 38.3 Å². The van der Waals surface area contributed by atoms with E-state index >= 15 is 0 Å². The van der Waals surface area contributed by atoms with Gasteiger partial charge in [-0.1, -0.05) is 53.4 Å². The van der Waals surface area contributed by atoms with E-state index in [9.17, 15) is 9.59 Å². The molecule has 3 aliphatic carbocycles. The van der Waals surface area contributed by atoms with Gasteiger partial charge in [-0.25, -0.2) is 0 Å². The molecule has 3 fully saturated rings. The summed E-state index contributed by atoms with van der Waals surface area (Å²) in [5.74, 6) is 0.720. The quantitative estimate of drug-likeness (QED) is 0.712. The molecule has 4 unspecified atom stereocenters. The summed E-state index contributed by atoms with van der Waals surface area (Å²) in [5.41, 5.74) is 0.544. The summed E-state index contributed by atoms with van der Waals surface area (Å²) in [7, 11) is 0. The second kappa shape index (κ2) is 8.75. The van der Waals surface area contributed by atoms with E-state index in [1.807, 2.05) is 0 Å². The molecule has 4 heteroatoms. The number of hydrogen-bond acceptors (Lipinski definition) is 2. The maximum absolute atomic E-state index is 12.9. The van der Waals surface area contributed by atoms with Crippen LogP contribution in [0, 0.1) is 22.7 Å². The van der Waals surface area contributed by atoms with Crippen LogP contribution >= 0.6 is 0 Å². The minimum Gasteiger partial charge on any atom is -0.351 e. The summed E-state index contributed by atoms with van der Waals surface area (Å²) < 4.78 is 0. The smallest absolute Gasteiger partial charge is 0.223 e. The van der Waals surface area contributed by atoms with Crippen molar-refractivity contribution in [3.63, 3.8) is 0 Å². The maximum Gasteiger partial charge on any atom is 0.223 e. The van der Waals surface area contributed by atoms with E-state index in [-0.39, 0.29) is 46.6 Å². The molecule has 0 heterocycles. The van der Waals surface area contributed by atoms with Crippen molar-refractivity contribution in [1.29, 1.82) is 0 Å². The van der Waals surface area contributed by atoms with Crippen molar-refractivity contribution < 1.29 is 9.59 Å². The minimum atomic E-state index is 0.104. The molecule has 0 aromatic rings. The van der Waals surface area contributed by atoms with Crippen molar-refractivity contribution in [2.75, 3.05) is 0 Å². The summed E-state index contributed by atoms with van der Waals surface area (Å²) in [6, 6.07) is 0.207. The second-order valence-corrected chi connectivity index (χ2v) is 11.4. The third-order valence-electron chi connectivity index (χ3n) is 7.57. The molecule has 0 spiro atoms. The Morgan fingerprint density at radius 2 is 1.04 bits per heavy atom. The van der Waals surface area contributed by atoms with Crippen LogP contribution in [0.25, 0.3) is 0 Å². The highest BCUT2D eigenvalue weighted by atomic mass is 16.2. The standard InChI is InChI=1S/C24H42N2O2/c1-23(2)13-7-9-17(15-23)21(27)25-19-11-5-6-12-20(19)26-22(28)18-10-8-14-24(3,4)16-18/h17-20H,5-16H2,1-4H3,(H,25,27)(H,26,28). The van der Waals surface area contributed by atoms with Crippen LogP contribution in [-0.4, -0.2) is 23.9 Å². The molecule has 0 radical (unpaired) electrons. The molecule has 160 valence electrons. The van der Waals surface area contributed by atoms with E-state index in [0.717, 1.165) is 64.2 Å². The van der Waals surface area contributed by atoms with E-state index in [1.54, 1.807) is 0 Å². The van der Waals surface area contributed by atoms with Crippen LogP contribution in [0.2, 0.25) is 0 Å². The van der Waals surface area contributed by atoms with Gasteiger partial charge in [-0.2, -0.15) is 0 Å². The largest absolute Gasteiger partial charge is 0.351 e. The van der Waals surface area contributed by atoms with E-state index in [1.165, 1.54) is 12.8 Å². The van der Waals surface area contributed by atoms with Crippen LogP contribution < -0.4 is 10.6 Å². The van der Waals surface area contributed by atoms with Crippen molar-refractivity contribution in [2.45, 2.75) is 117 Å². The Kier molecular flexibility index (Phi) is 6.76. The third-order valence-corrected chi connectivity index (χ3v) is 7.57. The Morgan fingerprint density at radius 1 is 0.643 bits per heavy atom. The molecule has 2 amide bonds. The van der Waals surface area contributed by atoms with E-state index in [0.29, 0.717) is 0 Å². The lowest BCUT2D eigenvalue weighted by atomic mass is 9.71. The third kappa shape index (κ3) is 5.73. The second-order valence-electron chi connectivity index (χ2n) is 11.4. The Bertz CT molecular complexity index is 519. The predicted molar refractivity (Wildman–Crippen MR) is 114 cm³/mol. The van der Waals surface area contributed by atoms with Crippen LogP contribution in [0.3, 0.4) is 0 Å². The van der Waals surface area contributed by atoms with Gasteiger partial charge in [0.1, 0.15) is 0 Å². The topological polar surface area (TPSA) is 58.2 Å². The number of hydrogen-bond donors (Lipinski definition) is 2. The number of amides is 2. The number of nitrogens with one attached hydrogen (secondary N) is 2. The van der Waals surface area contributed by atoms with Gasteiger partial charge in [0.2, 0.25) is 11.8 Å². The highest BCUT2D eigenvalue weighted by Gasteiger charge is 2.37. The Morgan fingerprint density at radius 3 is 1.39 bits per heavy atom. The fraction of sp³-hybridized carbons (Fsp3) is 0.917. The molecule has 2 N–H and O–H groups in total. The molecule has 0 aromatic carbocycles. The van der Waals surface area contributed by atoms with Gasteiger partial charge in [0.15, 0.2) is 0 Å². The van der Waals surface area contributed by atoms with Gasteiger partial charge >= 0.3 is 0 Å². The molecule has 0 aromatic heterocycles. The van der Waals surface area contributed by atoms with Crippen LogP contribution in [-0.2, 0) is 9.59 Å². The zero-order chi connectivity index (χ0) is 20.4. The predicted octanol–water partition coefficient (Wildman–Crippen LogP) is 4.96. The van der Waals surface area contributed by atoms with Crippen LogP contribution in [0.4, 0.5) is 0 Å². The molecule has 0 bridgehead atoms. The lowest BCUT2D eigenvalue weighted by Gasteiger charge is -2.39. The molecule has 28 heavy (non-hydrogen) atoms. The first-order valence-corrected chi connectivity index (χ1v) is 11.8. The number of carbonyl (C=O) groups is 2. The van der Waals surface area contributed by atoms with Gasteiger partial charge in [0.05, 0.1) is 0 Å². The van der Waals surface area contributed by atoms with Crippen LogP contribution in [0.1, 0.15) is 105 Å². The number of carbonyl (C=O) groups excluding carboxylic acids is 2. The molecular formula is C24H42N2O2. The molecule has 0 saturated heterocycles. The average molecular weight is 391 g/mol. The van der Waals surface area contributed by atoms with Gasteiger partial charge in [-0.05, 0) is 62.2 Å². The monoisotopic (exact) mass is 390 g/mol. The molecule has 4 atom stereocenters. The molecular weight excluding hydrogens is 348 g/mol. The summed E-state index contributed by atoms with van der Waals surface area (Å²) in [5, 5.41) is 6.69. The lowest BCUT2D eigenvalue weighted by molar-refractivity contribution is -0.131. The van der Waals surface area contributed by atoms with Crippen LogP contribution in [0.15, 0.2) is 0 Å². The van der Waals surface area contributed by atoms with Gasteiger partial charge < -0.3 is 10.6 Å². The Labute approximate surface area is 172 Å². The first-order chi connectivity index (χ1) is 13.2. The Hall–Kier alpha value is -1.06. The maximum atomic E-state index is 12.9. The first kappa shape index (κ1) is 21.6. The molecule has 3 aliphatic rings. The van der Waals surface area contributed by atoms with Crippen molar-refractivity contribution in [2.24, 2.45) is 22.7 Å². The fourth-order valence-corrected chi connectivity index (χ4v) is 5.92. The minimum absolute atomic E-state index is 0.104. The highest BCUT2D eigenvalue weighted by Crippen LogP contribution is 2.40.